The molecule has 0 saturated heterocycles. The van der Waals surface area contributed by atoms with Crippen LogP contribution in [0.15, 0.2) is 52.0 Å². The van der Waals surface area contributed by atoms with Gasteiger partial charge in [0.15, 0.2) is 0 Å². The van der Waals surface area contributed by atoms with Crippen LogP contribution in [0, 0.1) is 0 Å². The minimum absolute atomic E-state index is 0.651. The lowest BCUT2D eigenvalue weighted by Gasteiger charge is -2.09. The highest BCUT2D eigenvalue weighted by Crippen LogP contribution is 2.26. The molecular weight excluding hydrogens is 246 g/mol. The number of ether oxygens (including phenoxy) is 1. The van der Waals surface area contributed by atoms with E-state index in [4.69, 9.17) is 9.15 Å². The molecule has 18 heavy (non-hydrogen) atoms. The van der Waals surface area contributed by atoms with E-state index in [1.807, 2.05) is 30.3 Å². The van der Waals surface area contributed by atoms with Crippen molar-refractivity contribution in [3.8, 4) is 5.75 Å². The Balaban J connectivity index is 1.69. The Bertz CT molecular complexity index is 457. The third kappa shape index (κ3) is 3.82. The van der Waals surface area contributed by atoms with Crippen molar-refractivity contribution in [2.75, 3.05) is 19.4 Å². The summed E-state index contributed by atoms with van der Waals surface area (Å²) in [7, 11) is 0. The highest BCUT2D eigenvalue weighted by atomic mass is 32.2. The van der Waals surface area contributed by atoms with Crippen LogP contribution in [0.25, 0.3) is 0 Å². The molecule has 0 bridgehead atoms. The van der Waals surface area contributed by atoms with E-state index >= 15 is 0 Å². The Labute approximate surface area is 112 Å². The predicted molar refractivity (Wildman–Crippen MR) is 74.1 cm³/mol. The molecule has 4 heteroatoms. The molecular formula is C14H17NO2S. The molecule has 1 N–H and O–H groups in total. The van der Waals surface area contributed by atoms with Gasteiger partial charge in [0.05, 0.1) is 12.8 Å². The van der Waals surface area contributed by atoms with E-state index in [1.165, 1.54) is 4.90 Å². The molecule has 0 radical (unpaired) electrons. The normalized spacial score (nSPS) is 10.5. The number of furan rings is 1. The van der Waals surface area contributed by atoms with Crippen LogP contribution < -0.4 is 10.1 Å². The predicted octanol–water partition coefficient (Wildman–Crippen LogP) is 3.17. The summed E-state index contributed by atoms with van der Waals surface area (Å²) in [5.74, 6) is 1.89. The van der Waals surface area contributed by atoms with Crippen molar-refractivity contribution in [1.82, 2.24) is 5.32 Å². The first kappa shape index (κ1) is 13.1. The Morgan fingerprint density at radius 3 is 2.89 bits per heavy atom. The van der Waals surface area contributed by atoms with Crippen LogP contribution in [0.5, 0.6) is 5.75 Å². The smallest absolute Gasteiger partial charge is 0.132 e. The summed E-state index contributed by atoms with van der Waals surface area (Å²) in [6.45, 7) is 2.18. The average Bonchev–Trinajstić information content (AvgIpc) is 2.92. The van der Waals surface area contributed by atoms with E-state index in [0.717, 1.165) is 24.6 Å². The van der Waals surface area contributed by atoms with Gasteiger partial charge in [0.25, 0.3) is 0 Å². The quantitative estimate of drug-likeness (QED) is 0.614. The summed E-state index contributed by atoms with van der Waals surface area (Å²) < 4.78 is 11.0. The Kier molecular flexibility index (Phi) is 5.17. The standard InChI is InChI=1S/C14H17NO2S/c1-18-14-7-3-2-6-13(14)17-10-8-15-11-12-5-4-9-16-12/h2-7,9,15H,8,10-11H2,1H3. The van der Waals surface area contributed by atoms with Crippen molar-refractivity contribution < 1.29 is 9.15 Å². The zero-order valence-corrected chi connectivity index (χ0v) is 11.2. The Morgan fingerprint density at radius 1 is 1.22 bits per heavy atom. The second-order valence-corrected chi connectivity index (χ2v) is 4.60. The van der Waals surface area contributed by atoms with Gasteiger partial charge in [0.2, 0.25) is 0 Å². The minimum Gasteiger partial charge on any atom is -0.491 e. The van der Waals surface area contributed by atoms with Crippen molar-refractivity contribution in [2.24, 2.45) is 0 Å². The van der Waals surface area contributed by atoms with E-state index in [-0.39, 0.29) is 0 Å². The summed E-state index contributed by atoms with van der Waals surface area (Å²) in [4.78, 5) is 1.17. The van der Waals surface area contributed by atoms with Gasteiger partial charge < -0.3 is 14.5 Å². The van der Waals surface area contributed by atoms with Crippen molar-refractivity contribution in [1.29, 1.82) is 0 Å². The summed E-state index contributed by atoms with van der Waals surface area (Å²) in [5.41, 5.74) is 0. The molecule has 2 aromatic rings. The van der Waals surface area contributed by atoms with Crippen molar-refractivity contribution >= 4 is 11.8 Å². The van der Waals surface area contributed by atoms with Crippen LogP contribution in [0.2, 0.25) is 0 Å². The molecule has 1 heterocycles. The lowest BCUT2D eigenvalue weighted by Crippen LogP contribution is -2.20. The van der Waals surface area contributed by atoms with Crippen LogP contribution in [0.4, 0.5) is 0 Å². The highest BCUT2D eigenvalue weighted by molar-refractivity contribution is 7.98. The van der Waals surface area contributed by atoms with Gasteiger partial charge in [-0.15, -0.1) is 11.8 Å². The fourth-order valence-electron chi connectivity index (χ4n) is 1.60. The lowest BCUT2D eigenvalue weighted by molar-refractivity contribution is 0.304. The molecule has 1 aromatic carbocycles. The van der Waals surface area contributed by atoms with E-state index in [1.54, 1.807) is 18.0 Å². The largest absolute Gasteiger partial charge is 0.491 e. The van der Waals surface area contributed by atoms with Crippen LogP contribution >= 0.6 is 11.8 Å². The van der Waals surface area contributed by atoms with Gasteiger partial charge >= 0.3 is 0 Å². The number of rotatable bonds is 7. The number of benzene rings is 1. The minimum atomic E-state index is 0.651. The Hall–Kier alpha value is -1.39. The third-order valence-corrected chi connectivity index (χ3v) is 3.26. The van der Waals surface area contributed by atoms with Crippen molar-refractivity contribution in [3.05, 3.63) is 48.4 Å². The molecule has 1 aromatic heterocycles. The molecule has 0 aliphatic rings. The molecule has 3 nitrogen and oxygen atoms in total. The number of nitrogens with one attached hydrogen (secondary N) is 1. The fourth-order valence-corrected chi connectivity index (χ4v) is 2.14. The van der Waals surface area contributed by atoms with Gasteiger partial charge in [-0.1, -0.05) is 12.1 Å². The summed E-state index contributed by atoms with van der Waals surface area (Å²) in [5, 5.41) is 3.27. The van der Waals surface area contributed by atoms with Crippen LogP contribution in [0.3, 0.4) is 0 Å². The molecule has 0 saturated carbocycles. The van der Waals surface area contributed by atoms with Crippen molar-refractivity contribution in [2.45, 2.75) is 11.4 Å². The van der Waals surface area contributed by atoms with Gasteiger partial charge in [-0.2, -0.15) is 0 Å². The maximum atomic E-state index is 5.73. The summed E-state index contributed by atoms with van der Waals surface area (Å²) >= 11 is 1.70. The molecule has 0 spiro atoms. The molecule has 0 amide bonds. The van der Waals surface area contributed by atoms with E-state index < -0.39 is 0 Å². The first-order chi connectivity index (χ1) is 8.90. The van der Waals surface area contributed by atoms with Crippen LogP contribution in [-0.2, 0) is 6.54 Å². The molecule has 2 rings (SSSR count). The number of hydrogen-bond acceptors (Lipinski definition) is 4. The zero-order valence-electron chi connectivity index (χ0n) is 10.4. The highest BCUT2D eigenvalue weighted by Gasteiger charge is 2.00. The average molecular weight is 263 g/mol. The zero-order chi connectivity index (χ0) is 12.6. The van der Waals surface area contributed by atoms with Gasteiger partial charge in [-0.05, 0) is 30.5 Å². The Morgan fingerprint density at radius 2 is 2.11 bits per heavy atom. The van der Waals surface area contributed by atoms with Gasteiger partial charge in [0.1, 0.15) is 18.1 Å². The first-order valence-electron chi connectivity index (χ1n) is 5.89. The maximum absolute atomic E-state index is 5.73. The van der Waals surface area contributed by atoms with E-state index in [2.05, 4.69) is 17.6 Å². The summed E-state index contributed by atoms with van der Waals surface area (Å²) in [6, 6.07) is 11.9. The van der Waals surface area contributed by atoms with Gasteiger partial charge in [0, 0.05) is 11.4 Å². The van der Waals surface area contributed by atoms with E-state index in [9.17, 15) is 0 Å². The third-order valence-electron chi connectivity index (χ3n) is 2.48. The van der Waals surface area contributed by atoms with Gasteiger partial charge in [-0.25, -0.2) is 0 Å². The first-order valence-corrected chi connectivity index (χ1v) is 7.11. The van der Waals surface area contributed by atoms with Crippen LogP contribution in [-0.4, -0.2) is 19.4 Å². The lowest BCUT2D eigenvalue weighted by atomic mass is 10.3. The molecule has 0 unspecified atom stereocenters. The molecule has 0 aliphatic carbocycles. The number of para-hydroxylation sites is 1. The van der Waals surface area contributed by atoms with E-state index in [0.29, 0.717) is 6.61 Å². The number of thioether (sulfide) groups is 1. The maximum Gasteiger partial charge on any atom is 0.132 e. The second-order valence-electron chi connectivity index (χ2n) is 3.76. The molecule has 0 fully saturated rings. The summed E-state index contributed by atoms with van der Waals surface area (Å²) in [6.07, 6.45) is 3.74. The number of hydrogen-bond donors (Lipinski definition) is 1. The second kappa shape index (κ2) is 7.13. The van der Waals surface area contributed by atoms with Crippen LogP contribution in [0.1, 0.15) is 5.76 Å². The molecule has 0 aliphatic heterocycles. The van der Waals surface area contributed by atoms with Crippen molar-refractivity contribution in [3.63, 3.8) is 0 Å². The van der Waals surface area contributed by atoms with Gasteiger partial charge in [-0.3, -0.25) is 0 Å². The topological polar surface area (TPSA) is 34.4 Å². The SMILES string of the molecule is CSc1ccccc1OCCNCc1ccco1. The molecule has 96 valence electrons. The monoisotopic (exact) mass is 263 g/mol. The fraction of sp³-hybridized carbons (Fsp3) is 0.286. The molecule has 0 atom stereocenters.